The van der Waals surface area contributed by atoms with Gasteiger partial charge in [-0.1, -0.05) is 57.0 Å². The number of aliphatic hydroxyl groups is 1. The third-order valence-electron chi connectivity index (χ3n) is 8.07. The van der Waals surface area contributed by atoms with E-state index in [0.717, 1.165) is 22.0 Å². The van der Waals surface area contributed by atoms with Gasteiger partial charge in [-0.05, 0) is 35.2 Å². The summed E-state index contributed by atoms with van der Waals surface area (Å²) in [6, 6.07) is 21.8. The minimum atomic E-state index is -0.426. The Morgan fingerprint density at radius 2 is 1.51 bits per heavy atom. The number of carbonyl (C=O) groups excluding carboxylic acids is 1. The van der Waals surface area contributed by atoms with Crippen molar-refractivity contribution in [2.24, 2.45) is 0 Å². The molecule has 0 spiro atoms. The van der Waals surface area contributed by atoms with E-state index in [1.807, 2.05) is 42.7 Å². The molecule has 5 N–H and O–H groups in total. The number of hydrogen-bond acceptors (Lipinski definition) is 13. The Morgan fingerprint density at radius 1 is 0.800 bits per heavy atom. The number of nitrogens with zero attached hydrogens (tertiary/aromatic N) is 2. The highest BCUT2D eigenvalue weighted by molar-refractivity contribution is 7.99. The molecule has 0 radical (unpaired) electrons. The minimum absolute atomic E-state index is 0.0205. The van der Waals surface area contributed by atoms with Gasteiger partial charge >= 0.3 is 6.03 Å². The summed E-state index contributed by atoms with van der Waals surface area (Å²) in [4.78, 5) is 22.4. The predicted octanol–water partition coefficient (Wildman–Crippen LogP) is 8.22. The van der Waals surface area contributed by atoms with Gasteiger partial charge in [-0.25, -0.2) is 9.78 Å². The van der Waals surface area contributed by atoms with Crippen LogP contribution in [-0.4, -0.2) is 81.2 Å². The lowest BCUT2D eigenvalue weighted by atomic mass is 9.86. The number of anilines is 5. The zero-order chi connectivity index (χ0) is 39.2. The largest absolute Gasteiger partial charge is 0.497 e. The standard InChI is InChI=1S/C40H48N6O8S/c1-40(2,3)26-21-33(37(50-5)34(22-26)46-55-6)44-39(48)43-32-11-12-35(31-10-8-7-9-30(31)32)54-36-13-14-41-38(45-36)42-27-23-28(49-4)25-29(24-27)53-20-19-52-18-17-51-16-15-47/h7-14,21-25,46-47H,15-20H2,1-6H3,(H,41,42,45)(H2,43,44,48). The van der Waals surface area contributed by atoms with E-state index < -0.39 is 6.03 Å². The number of benzene rings is 4. The Kier molecular flexibility index (Phi) is 14.6. The van der Waals surface area contributed by atoms with Crippen molar-refractivity contribution in [1.82, 2.24) is 9.97 Å². The normalized spacial score (nSPS) is 11.2. The summed E-state index contributed by atoms with van der Waals surface area (Å²) in [5.74, 6) is 2.82. The predicted molar refractivity (Wildman–Crippen MR) is 218 cm³/mol. The SMILES string of the molecule is COc1cc(Nc2nccc(Oc3ccc(NC(=O)Nc4cc(C(C)(C)C)cc(NSC)c4OC)c4ccccc34)n2)cc(OCCOCCOCCO)c1. The summed E-state index contributed by atoms with van der Waals surface area (Å²) in [6.07, 6.45) is 3.52. The van der Waals surface area contributed by atoms with E-state index in [1.165, 1.54) is 11.9 Å². The first-order valence-electron chi connectivity index (χ1n) is 17.6. The van der Waals surface area contributed by atoms with E-state index in [0.29, 0.717) is 78.3 Å². The molecule has 5 rings (SSSR count). The number of carbonyl (C=O) groups is 1. The van der Waals surface area contributed by atoms with Crippen LogP contribution in [0.25, 0.3) is 10.8 Å². The highest BCUT2D eigenvalue weighted by Crippen LogP contribution is 2.40. The number of methoxy groups -OCH3 is 2. The second kappa shape index (κ2) is 19.7. The van der Waals surface area contributed by atoms with Crippen molar-refractivity contribution in [2.45, 2.75) is 26.2 Å². The highest BCUT2D eigenvalue weighted by Gasteiger charge is 2.21. The van der Waals surface area contributed by atoms with E-state index in [2.05, 4.69) is 51.4 Å². The maximum absolute atomic E-state index is 13.5. The third kappa shape index (κ3) is 11.5. The molecule has 0 fully saturated rings. The van der Waals surface area contributed by atoms with Gasteiger partial charge in [-0.15, -0.1) is 0 Å². The fourth-order valence-electron chi connectivity index (χ4n) is 5.46. The van der Waals surface area contributed by atoms with Gasteiger partial charge in [0.1, 0.15) is 23.9 Å². The lowest BCUT2D eigenvalue weighted by molar-refractivity contribution is 0.0247. The van der Waals surface area contributed by atoms with Crippen molar-refractivity contribution in [2.75, 3.05) is 80.8 Å². The summed E-state index contributed by atoms with van der Waals surface area (Å²) < 4.78 is 37.3. The zero-order valence-corrected chi connectivity index (χ0v) is 32.7. The number of fused-ring (bicyclic) bond motifs is 1. The van der Waals surface area contributed by atoms with Crippen LogP contribution in [0.2, 0.25) is 0 Å². The van der Waals surface area contributed by atoms with Crippen molar-refractivity contribution in [3.05, 3.63) is 84.6 Å². The van der Waals surface area contributed by atoms with Crippen LogP contribution in [0.15, 0.2) is 79.0 Å². The molecule has 14 nitrogen and oxygen atoms in total. The molecule has 0 aliphatic rings. The molecular weight excluding hydrogens is 725 g/mol. The molecule has 1 heterocycles. The Morgan fingerprint density at radius 3 is 2.24 bits per heavy atom. The Balaban J connectivity index is 1.28. The topological polar surface area (TPSA) is 167 Å². The molecule has 0 saturated heterocycles. The Hall–Kier alpha value is -5.48. The Labute approximate surface area is 325 Å². The van der Waals surface area contributed by atoms with Gasteiger partial charge < -0.3 is 54.2 Å². The summed E-state index contributed by atoms with van der Waals surface area (Å²) in [6.45, 7) is 8.09. The third-order valence-corrected chi connectivity index (χ3v) is 8.50. The van der Waals surface area contributed by atoms with Gasteiger partial charge in [-0.3, -0.25) is 0 Å². The van der Waals surface area contributed by atoms with Crippen LogP contribution in [0.3, 0.4) is 0 Å². The zero-order valence-electron chi connectivity index (χ0n) is 31.9. The van der Waals surface area contributed by atoms with Crippen molar-refractivity contribution < 1.29 is 38.3 Å². The van der Waals surface area contributed by atoms with Gasteiger partial charge in [0.15, 0.2) is 5.75 Å². The molecule has 0 unspecified atom stereocenters. The van der Waals surface area contributed by atoms with Crippen molar-refractivity contribution >= 4 is 57.4 Å². The average Bonchev–Trinajstić information content (AvgIpc) is 3.16. The van der Waals surface area contributed by atoms with Crippen LogP contribution in [-0.2, 0) is 14.9 Å². The van der Waals surface area contributed by atoms with Gasteiger partial charge in [0.05, 0.1) is 64.3 Å². The number of aliphatic hydroxyl groups excluding tert-OH is 1. The van der Waals surface area contributed by atoms with E-state index in [9.17, 15) is 4.79 Å². The van der Waals surface area contributed by atoms with Crippen molar-refractivity contribution in [3.8, 4) is 28.9 Å². The van der Waals surface area contributed by atoms with Crippen LogP contribution in [0, 0.1) is 0 Å². The number of hydrogen-bond donors (Lipinski definition) is 5. The smallest absolute Gasteiger partial charge is 0.323 e. The number of ether oxygens (including phenoxy) is 6. The quantitative estimate of drug-likeness (QED) is 0.0403. The van der Waals surface area contributed by atoms with E-state index in [1.54, 1.807) is 56.8 Å². The van der Waals surface area contributed by atoms with Gasteiger partial charge in [0.25, 0.3) is 0 Å². The summed E-state index contributed by atoms with van der Waals surface area (Å²) >= 11 is 1.44. The minimum Gasteiger partial charge on any atom is -0.497 e. The molecule has 1 aromatic heterocycles. The van der Waals surface area contributed by atoms with Crippen LogP contribution in [0.1, 0.15) is 26.3 Å². The molecule has 0 aliphatic carbocycles. The van der Waals surface area contributed by atoms with Crippen LogP contribution >= 0.6 is 11.9 Å². The second-order valence-electron chi connectivity index (χ2n) is 13.0. The number of rotatable bonds is 19. The number of nitrogens with one attached hydrogen (secondary N) is 4. The highest BCUT2D eigenvalue weighted by atomic mass is 32.2. The first-order chi connectivity index (χ1) is 26.6. The summed E-state index contributed by atoms with van der Waals surface area (Å²) in [5, 5.41) is 19.5. The molecule has 55 heavy (non-hydrogen) atoms. The fourth-order valence-corrected chi connectivity index (χ4v) is 5.83. The van der Waals surface area contributed by atoms with E-state index in [4.69, 9.17) is 33.5 Å². The number of amides is 2. The average molecular weight is 773 g/mol. The fraction of sp³-hybridized carbons (Fsp3) is 0.325. The summed E-state index contributed by atoms with van der Waals surface area (Å²) in [7, 11) is 3.15. The monoisotopic (exact) mass is 772 g/mol. The molecular formula is C40H48N6O8S. The molecule has 0 atom stereocenters. The first-order valence-corrected chi connectivity index (χ1v) is 18.8. The molecule has 4 aromatic carbocycles. The summed E-state index contributed by atoms with van der Waals surface area (Å²) in [5.41, 5.74) is 3.42. The maximum atomic E-state index is 13.5. The van der Waals surface area contributed by atoms with Crippen molar-refractivity contribution in [1.29, 1.82) is 0 Å². The van der Waals surface area contributed by atoms with E-state index in [-0.39, 0.29) is 18.6 Å². The molecule has 2 amide bonds. The lowest BCUT2D eigenvalue weighted by Crippen LogP contribution is -2.21. The van der Waals surface area contributed by atoms with Gasteiger partial charge in [0, 0.05) is 53.2 Å². The van der Waals surface area contributed by atoms with Crippen LogP contribution in [0.4, 0.5) is 33.5 Å². The van der Waals surface area contributed by atoms with Gasteiger partial charge in [-0.2, -0.15) is 4.98 Å². The molecule has 292 valence electrons. The lowest BCUT2D eigenvalue weighted by Gasteiger charge is -2.24. The second-order valence-corrected chi connectivity index (χ2v) is 13.6. The van der Waals surface area contributed by atoms with E-state index >= 15 is 0 Å². The van der Waals surface area contributed by atoms with Gasteiger partial charge in [0.2, 0.25) is 11.8 Å². The Bertz CT molecular complexity index is 2040. The molecule has 0 aliphatic heterocycles. The first kappa shape index (κ1) is 40.7. The number of aromatic nitrogens is 2. The maximum Gasteiger partial charge on any atom is 0.323 e. The molecule has 5 aromatic rings. The van der Waals surface area contributed by atoms with Crippen LogP contribution < -0.4 is 39.6 Å². The van der Waals surface area contributed by atoms with Crippen LogP contribution in [0.5, 0.6) is 28.9 Å². The van der Waals surface area contributed by atoms with Crippen molar-refractivity contribution in [3.63, 3.8) is 0 Å². The molecule has 15 heteroatoms. The number of urea groups is 1. The molecule has 0 bridgehead atoms. The molecule has 0 saturated carbocycles.